The molecule has 2 aliphatic heterocycles. The van der Waals surface area contributed by atoms with E-state index in [4.69, 9.17) is 9.47 Å². The fraction of sp³-hybridized carbons (Fsp3) is 0.207. The number of imide groups is 1. The molecule has 0 aromatic heterocycles. The molecule has 3 aromatic rings. The van der Waals surface area contributed by atoms with E-state index in [-0.39, 0.29) is 12.5 Å². The first-order chi connectivity index (χ1) is 17.6. The van der Waals surface area contributed by atoms with Gasteiger partial charge in [-0.05, 0) is 40.5 Å². The lowest BCUT2D eigenvalue weighted by Crippen LogP contribution is -2.40. The van der Waals surface area contributed by atoms with Crippen LogP contribution in [0.25, 0.3) is 17.2 Å². The average molecular weight is 483 g/mol. The van der Waals surface area contributed by atoms with E-state index in [1.807, 2.05) is 72.8 Å². The Balaban J connectivity index is 1.47. The van der Waals surface area contributed by atoms with Crippen molar-refractivity contribution >= 4 is 24.0 Å². The highest BCUT2D eigenvalue weighted by molar-refractivity contribution is 6.04. The van der Waals surface area contributed by atoms with E-state index in [0.29, 0.717) is 37.4 Å². The molecule has 7 heteroatoms. The van der Waals surface area contributed by atoms with Crippen molar-refractivity contribution in [2.24, 2.45) is 0 Å². The summed E-state index contributed by atoms with van der Waals surface area (Å²) in [4.78, 5) is 41.8. The molecule has 2 fully saturated rings. The Morgan fingerprint density at radius 2 is 1.56 bits per heavy atom. The van der Waals surface area contributed by atoms with Crippen LogP contribution in [0.3, 0.4) is 0 Å². The van der Waals surface area contributed by atoms with Crippen LogP contribution in [0.15, 0.2) is 84.9 Å². The van der Waals surface area contributed by atoms with E-state index >= 15 is 0 Å². The van der Waals surface area contributed by atoms with Crippen molar-refractivity contribution < 1.29 is 23.9 Å². The minimum absolute atomic E-state index is 0.104. The fourth-order valence-electron chi connectivity index (χ4n) is 4.47. The number of carbonyl (C=O) groups is 3. The van der Waals surface area contributed by atoms with Crippen molar-refractivity contribution in [1.29, 1.82) is 0 Å². The fourth-order valence-corrected chi connectivity index (χ4v) is 4.47. The molecule has 3 aromatic carbocycles. The Labute approximate surface area is 209 Å². The standard InChI is InChI=1S/C29H26N2O5/c32-27(31-26(20-36-29(31)34)22-9-5-2-6-10-22)14-12-24-19-23(21-7-3-1-4-8-21)11-13-25(24)28(33)30-15-17-35-18-16-30/h1-14,19,26H,15-18,20H2. The van der Waals surface area contributed by atoms with Crippen LogP contribution in [-0.4, -0.2) is 60.6 Å². The Hall–Kier alpha value is -4.23. The van der Waals surface area contributed by atoms with E-state index in [1.54, 1.807) is 17.0 Å². The van der Waals surface area contributed by atoms with Gasteiger partial charge >= 0.3 is 6.09 Å². The van der Waals surface area contributed by atoms with Crippen LogP contribution in [0.2, 0.25) is 0 Å². The summed E-state index contributed by atoms with van der Waals surface area (Å²) < 4.78 is 10.6. The van der Waals surface area contributed by atoms with Crippen LogP contribution in [0.4, 0.5) is 4.79 Å². The molecule has 0 bridgehead atoms. The van der Waals surface area contributed by atoms with Crippen molar-refractivity contribution in [2.45, 2.75) is 6.04 Å². The molecule has 0 N–H and O–H groups in total. The zero-order chi connectivity index (χ0) is 24.9. The van der Waals surface area contributed by atoms with E-state index in [9.17, 15) is 14.4 Å². The summed E-state index contributed by atoms with van der Waals surface area (Å²) in [7, 11) is 0. The van der Waals surface area contributed by atoms with Crippen LogP contribution in [0.5, 0.6) is 0 Å². The SMILES string of the molecule is O=C(c1ccc(-c2ccccc2)cc1C=CC(=O)N1C(=O)OCC1c1ccccc1)N1CCOCC1. The number of ether oxygens (including phenoxy) is 2. The Morgan fingerprint density at radius 1 is 0.861 bits per heavy atom. The summed E-state index contributed by atoms with van der Waals surface area (Å²) in [6.45, 7) is 2.12. The summed E-state index contributed by atoms with van der Waals surface area (Å²) in [5.74, 6) is -0.617. The molecule has 36 heavy (non-hydrogen) atoms. The molecule has 2 aliphatic rings. The monoisotopic (exact) mass is 482 g/mol. The summed E-state index contributed by atoms with van der Waals surface area (Å²) >= 11 is 0. The molecule has 7 nitrogen and oxygen atoms in total. The summed E-state index contributed by atoms with van der Waals surface area (Å²) in [6.07, 6.45) is 2.26. The molecule has 1 unspecified atom stereocenters. The van der Waals surface area contributed by atoms with Gasteiger partial charge in [-0.25, -0.2) is 9.69 Å². The second-order valence-electron chi connectivity index (χ2n) is 8.62. The molecule has 2 saturated heterocycles. The number of hydrogen-bond acceptors (Lipinski definition) is 5. The lowest BCUT2D eigenvalue weighted by molar-refractivity contribution is -0.124. The lowest BCUT2D eigenvalue weighted by Gasteiger charge is -2.27. The van der Waals surface area contributed by atoms with Crippen molar-refractivity contribution in [3.05, 3.63) is 102 Å². The van der Waals surface area contributed by atoms with Crippen molar-refractivity contribution in [3.8, 4) is 11.1 Å². The number of nitrogens with zero attached hydrogens (tertiary/aromatic N) is 2. The average Bonchev–Trinajstić information content (AvgIpc) is 3.34. The molecule has 182 valence electrons. The summed E-state index contributed by atoms with van der Waals surface area (Å²) in [5.41, 5.74) is 3.83. The lowest BCUT2D eigenvalue weighted by atomic mass is 9.97. The summed E-state index contributed by atoms with van der Waals surface area (Å²) in [5, 5.41) is 0. The number of cyclic esters (lactones) is 1. The molecular formula is C29H26N2O5. The van der Waals surface area contributed by atoms with Gasteiger partial charge < -0.3 is 14.4 Å². The maximum Gasteiger partial charge on any atom is 0.417 e. The molecule has 0 spiro atoms. The number of hydrogen-bond donors (Lipinski definition) is 0. The van der Waals surface area contributed by atoms with E-state index < -0.39 is 18.0 Å². The van der Waals surface area contributed by atoms with E-state index in [0.717, 1.165) is 21.6 Å². The molecule has 3 amide bonds. The van der Waals surface area contributed by atoms with Gasteiger partial charge in [-0.15, -0.1) is 0 Å². The van der Waals surface area contributed by atoms with E-state index in [1.165, 1.54) is 6.08 Å². The third kappa shape index (κ3) is 4.92. The van der Waals surface area contributed by atoms with Crippen molar-refractivity contribution in [1.82, 2.24) is 9.80 Å². The molecule has 0 saturated carbocycles. The van der Waals surface area contributed by atoms with Crippen molar-refractivity contribution in [3.63, 3.8) is 0 Å². The topological polar surface area (TPSA) is 76.2 Å². The van der Waals surface area contributed by atoms with E-state index in [2.05, 4.69) is 0 Å². The Morgan fingerprint density at radius 3 is 2.28 bits per heavy atom. The zero-order valence-corrected chi connectivity index (χ0v) is 19.7. The third-order valence-electron chi connectivity index (χ3n) is 6.39. The van der Waals surface area contributed by atoms with Crippen molar-refractivity contribution in [2.75, 3.05) is 32.9 Å². The van der Waals surface area contributed by atoms with Gasteiger partial charge in [-0.3, -0.25) is 9.59 Å². The first kappa shape index (κ1) is 23.5. The highest BCUT2D eigenvalue weighted by Gasteiger charge is 2.37. The Bertz CT molecular complexity index is 1280. The van der Waals surface area contributed by atoms with Gasteiger partial charge in [-0.2, -0.15) is 0 Å². The normalized spacial score (nSPS) is 17.9. The molecule has 1 atom stereocenters. The zero-order valence-electron chi connectivity index (χ0n) is 19.7. The first-order valence-electron chi connectivity index (χ1n) is 11.9. The first-order valence-corrected chi connectivity index (χ1v) is 11.9. The number of morpholine rings is 1. The Kier molecular flexibility index (Phi) is 6.91. The predicted molar refractivity (Wildman–Crippen MR) is 135 cm³/mol. The predicted octanol–water partition coefficient (Wildman–Crippen LogP) is 4.56. The molecule has 0 radical (unpaired) electrons. The minimum Gasteiger partial charge on any atom is -0.446 e. The maximum atomic E-state index is 13.3. The van der Waals surface area contributed by atoms with Crippen LogP contribution in [0.1, 0.15) is 27.5 Å². The molecule has 5 rings (SSSR count). The number of amides is 3. The van der Waals surface area contributed by atoms with Gasteiger partial charge in [0.25, 0.3) is 11.8 Å². The highest BCUT2D eigenvalue weighted by atomic mass is 16.6. The number of rotatable bonds is 5. The van der Waals surface area contributed by atoms with Crippen LogP contribution in [-0.2, 0) is 14.3 Å². The van der Waals surface area contributed by atoms with Crippen LogP contribution in [0, 0.1) is 0 Å². The quantitative estimate of drug-likeness (QED) is 0.499. The summed E-state index contributed by atoms with van der Waals surface area (Å²) in [6, 6.07) is 24.2. The minimum atomic E-state index is -0.679. The molecule has 2 heterocycles. The number of carbonyl (C=O) groups excluding carboxylic acids is 3. The largest absolute Gasteiger partial charge is 0.446 e. The van der Waals surface area contributed by atoms with Crippen LogP contribution < -0.4 is 0 Å². The second kappa shape index (κ2) is 10.6. The van der Waals surface area contributed by atoms with Gasteiger partial charge in [0.05, 0.1) is 13.2 Å². The third-order valence-corrected chi connectivity index (χ3v) is 6.39. The van der Waals surface area contributed by atoms with Gasteiger partial charge in [0.1, 0.15) is 12.6 Å². The van der Waals surface area contributed by atoms with Gasteiger partial charge in [0, 0.05) is 24.7 Å². The van der Waals surface area contributed by atoms with Gasteiger partial charge in [-0.1, -0.05) is 66.7 Å². The number of benzene rings is 3. The molecular weight excluding hydrogens is 456 g/mol. The smallest absolute Gasteiger partial charge is 0.417 e. The van der Waals surface area contributed by atoms with Gasteiger partial charge in [0.2, 0.25) is 0 Å². The van der Waals surface area contributed by atoms with Crippen LogP contribution >= 0.6 is 0 Å². The second-order valence-corrected chi connectivity index (χ2v) is 8.62. The van der Waals surface area contributed by atoms with Gasteiger partial charge in [0.15, 0.2) is 0 Å². The molecule has 0 aliphatic carbocycles. The highest BCUT2D eigenvalue weighted by Crippen LogP contribution is 2.29. The maximum absolute atomic E-state index is 13.3.